The van der Waals surface area contributed by atoms with Crippen LogP contribution in [0.1, 0.15) is 18.9 Å². The Morgan fingerprint density at radius 1 is 1.24 bits per heavy atom. The van der Waals surface area contributed by atoms with Crippen molar-refractivity contribution in [3.05, 3.63) is 35.1 Å². The first kappa shape index (κ1) is 15.4. The third kappa shape index (κ3) is 3.76. The van der Waals surface area contributed by atoms with E-state index in [0.717, 1.165) is 35.9 Å². The fourth-order valence-electron chi connectivity index (χ4n) is 1.90. The Morgan fingerprint density at radius 3 is 2.71 bits per heavy atom. The van der Waals surface area contributed by atoms with Crippen molar-refractivity contribution in [1.29, 1.82) is 0 Å². The average Bonchev–Trinajstić information content (AvgIpc) is 2.48. The number of benzene rings is 1. The Hall–Kier alpha value is -2.01. The summed E-state index contributed by atoms with van der Waals surface area (Å²) in [5, 5.41) is 7.16. The molecule has 2 N–H and O–H groups in total. The zero-order valence-electron chi connectivity index (χ0n) is 12.4. The molecule has 0 aliphatic rings. The van der Waals surface area contributed by atoms with Gasteiger partial charge in [0.15, 0.2) is 0 Å². The topological polar surface area (TPSA) is 59.1 Å². The van der Waals surface area contributed by atoms with Crippen molar-refractivity contribution >= 4 is 28.9 Å². The molecular formula is C15H19ClN4O. The fraction of sp³-hybridized carbons (Fsp3) is 0.333. The van der Waals surface area contributed by atoms with Gasteiger partial charge in [0.2, 0.25) is 0 Å². The number of nitrogens with one attached hydrogen (secondary N) is 2. The summed E-state index contributed by atoms with van der Waals surface area (Å²) in [5.74, 6) is 2.26. The maximum atomic E-state index is 6.04. The summed E-state index contributed by atoms with van der Waals surface area (Å²) in [6, 6.07) is 5.41. The van der Waals surface area contributed by atoms with E-state index in [2.05, 4.69) is 27.5 Å². The van der Waals surface area contributed by atoms with Gasteiger partial charge in [-0.25, -0.2) is 9.97 Å². The van der Waals surface area contributed by atoms with Crippen LogP contribution >= 0.6 is 11.6 Å². The van der Waals surface area contributed by atoms with Gasteiger partial charge < -0.3 is 15.4 Å². The number of aromatic nitrogens is 2. The molecule has 0 saturated carbocycles. The summed E-state index contributed by atoms with van der Waals surface area (Å²) < 4.78 is 5.33. The molecule has 0 amide bonds. The van der Waals surface area contributed by atoms with E-state index in [1.165, 1.54) is 6.33 Å². The summed E-state index contributed by atoms with van der Waals surface area (Å²) >= 11 is 6.04. The molecule has 0 atom stereocenters. The molecule has 0 radical (unpaired) electrons. The van der Waals surface area contributed by atoms with Gasteiger partial charge in [0.25, 0.3) is 0 Å². The first-order valence-corrected chi connectivity index (χ1v) is 7.19. The van der Waals surface area contributed by atoms with Crippen molar-refractivity contribution in [2.24, 2.45) is 0 Å². The van der Waals surface area contributed by atoms with E-state index in [9.17, 15) is 0 Å². The first-order valence-electron chi connectivity index (χ1n) is 6.81. The lowest BCUT2D eigenvalue weighted by atomic mass is 10.2. The standard InChI is InChI=1S/C15H19ClN4O/c1-4-7-17-14-10(2)15(19-9-18-14)20-12-8-11(16)5-6-13(12)21-3/h5-6,8-9H,4,7H2,1-3H3,(H2,17,18,19,20). The molecule has 0 bridgehead atoms. The molecule has 0 spiro atoms. The van der Waals surface area contributed by atoms with E-state index in [1.54, 1.807) is 19.2 Å². The number of halogens is 1. The molecule has 1 heterocycles. The Balaban J connectivity index is 2.29. The Bertz CT molecular complexity index is 619. The van der Waals surface area contributed by atoms with Gasteiger partial charge in [-0.1, -0.05) is 18.5 Å². The molecule has 0 saturated heterocycles. The number of ether oxygens (including phenoxy) is 1. The van der Waals surface area contributed by atoms with Gasteiger partial charge in [0, 0.05) is 17.1 Å². The third-order valence-electron chi connectivity index (χ3n) is 3.04. The lowest BCUT2D eigenvalue weighted by molar-refractivity contribution is 0.417. The van der Waals surface area contributed by atoms with Crippen LogP contribution in [0.25, 0.3) is 0 Å². The fourth-order valence-corrected chi connectivity index (χ4v) is 2.08. The van der Waals surface area contributed by atoms with Crippen LogP contribution in [0.2, 0.25) is 5.02 Å². The minimum atomic E-state index is 0.634. The van der Waals surface area contributed by atoms with E-state index in [-0.39, 0.29) is 0 Å². The zero-order valence-corrected chi connectivity index (χ0v) is 13.2. The highest BCUT2D eigenvalue weighted by Crippen LogP contribution is 2.31. The third-order valence-corrected chi connectivity index (χ3v) is 3.28. The summed E-state index contributed by atoms with van der Waals surface area (Å²) in [5.41, 5.74) is 1.72. The molecule has 6 heteroatoms. The molecule has 2 rings (SSSR count). The van der Waals surface area contributed by atoms with Gasteiger partial charge in [-0.15, -0.1) is 0 Å². The molecule has 112 valence electrons. The number of nitrogens with zero attached hydrogens (tertiary/aromatic N) is 2. The van der Waals surface area contributed by atoms with Crippen LogP contribution in [-0.4, -0.2) is 23.6 Å². The van der Waals surface area contributed by atoms with Crippen LogP contribution in [0.15, 0.2) is 24.5 Å². The van der Waals surface area contributed by atoms with Crippen molar-refractivity contribution in [2.45, 2.75) is 20.3 Å². The van der Waals surface area contributed by atoms with Crippen LogP contribution < -0.4 is 15.4 Å². The second-order valence-corrected chi connectivity index (χ2v) is 5.03. The summed E-state index contributed by atoms with van der Waals surface area (Å²) in [7, 11) is 1.62. The van der Waals surface area contributed by atoms with Crippen molar-refractivity contribution in [3.63, 3.8) is 0 Å². The van der Waals surface area contributed by atoms with Crippen molar-refractivity contribution in [3.8, 4) is 5.75 Å². The van der Waals surface area contributed by atoms with Gasteiger partial charge in [-0.3, -0.25) is 0 Å². The Kier molecular flexibility index (Phi) is 5.22. The van der Waals surface area contributed by atoms with Gasteiger partial charge in [0.1, 0.15) is 23.7 Å². The predicted molar refractivity (Wildman–Crippen MR) is 86.8 cm³/mol. The molecule has 0 fully saturated rings. The molecule has 21 heavy (non-hydrogen) atoms. The van der Waals surface area contributed by atoms with Gasteiger partial charge in [-0.2, -0.15) is 0 Å². The predicted octanol–water partition coefficient (Wildman–Crippen LogP) is 4.01. The summed E-state index contributed by atoms with van der Waals surface area (Å²) in [6.45, 7) is 4.95. The zero-order chi connectivity index (χ0) is 15.2. The van der Waals surface area contributed by atoms with E-state index in [1.807, 2.05) is 13.0 Å². The van der Waals surface area contributed by atoms with E-state index in [4.69, 9.17) is 16.3 Å². The molecule has 0 aliphatic carbocycles. The number of anilines is 3. The highest BCUT2D eigenvalue weighted by atomic mass is 35.5. The number of hydrogen-bond acceptors (Lipinski definition) is 5. The van der Waals surface area contributed by atoms with E-state index in [0.29, 0.717) is 10.8 Å². The minimum absolute atomic E-state index is 0.634. The van der Waals surface area contributed by atoms with Crippen LogP contribution in [0.4, 0.5) is 17.3 Å². The SMILES string of the molecule is CCCNc1ncnc(Nc2cc(Cl)ccc2OC)c1C. The average molecular weight is 307 g/mol. The molecule has 2 aromatic rings. The van der Waals surface area contributed by atoms with Crippen molar-refractivity contribution in [2.75, 3.05) is 24.3 Å². The maximum absolute atomic E-state index is 6.04. The molecule has 0 aliphatic heterocycles. The number of hydrogen-bond donors (Lipinski definition) is 2. The monoisotopic (exact) mass is 306 g/mol. The van der Waals surface area contributed by atoms with Gasteiger partial charge >= 0.3 is 0 Å². The van der Waals surface area contributed by atoms with Crippen LogP contribution in [0.5, 0.6) is 5.75 Å². The molecule has 5 nitrogen and oxygen atoms in total. The highest BCUT2D eigenvalue weighted by molar-refractivity contribution is 6.31. The van der Waals surface area contributed by atoms with Gasteiger partial charge in [-0.05, 0) is 31.5 Å². The van der Waals surface area contributed by atoms with Crippen LogP contribution in [-0.2, 0) is 0 Å². The lowest BCUT2D eigenvalue weighted by Gasteiger charge is -2.14. The minimum Gasteiger partial charge on any atom is -0.495 e. The molecular weight excluding hydrogens is 288 g/mol. The number of rotatable bonds is 6. The lowest BCUT2D eigenvalue weighted by Crippen LogP contribution is -2.07. The van der Waals surface area contributed by atoms with E-state index < -0.39 is 0 Å². The number of methoxy groups -OCH3 is 1. The summed E-state index contributed by atoms with van der Waals surface area (Å²) in [4.78, 5) is 8.55. The molecule has 0 unspecified atom stereocenters. The van der Waals surface area contributed by atoms with Crippen LogP contribution in [0, 0.1) is 6.92 Å². The second kappa shape index (κ2) is 7.13. The van der Waals surface area contributed by atoms with Crippen LogP contribution in [0.3, 0.4) is 0 Å². The van der Waals surface area contributed by atoms with Crippen molar-refractivity contribution < 1.29 is 4.74 Å². The van der Waals surface area contributed by atoms with Gasteiger partial charge in [0.05, 0.1) is 12.8 Å². The Labute approximate surface area is 129 Å². The highest BCUT2D eigenvalue weighted by Gasteiger charge is 2.10. The Morgan fingerprint density at radius 2 is 2.00 bits per heavy atom. The molecule has 1 aromatic heterocycles. The quantitative estimate of drug-likeness (QED) is 0.844. The maximum Gasteiger partial charge on any atom is 0.142 e. The van der Waals surface area contributed by atoms with Crippen molar-refractivity contribution in [1.82, 2.24) is 9.97 Å². The summed E-state index contributed by atoms with van der Waals surface area (Å²) in [6.07, 6.45) is 2.57. The second-order valence-electron chi connectivity index (χ2n) is 4.59. The normalized spacial score (nSPS) is 10.3. The molecule has 1 aromatic carbocycles. The first-order chi connectivity index (χ1) is 10.2. The largest absolute Gasteiger partial charge is 0.495 e. The van der Waals surface area contributed by atoms with E-state index >= 15 is 0 Å². The smallest absolute Gasteiger partial charge is 0.142 e.